The van der Waals surface area contributed by atoms with Crippen LogP contribution in [0.25, 0.3) is 10.4 Å². The first-order valence-corrected chi connectivity index (χ1v) is 4.67. The third-order valence-electron chi connectivity index (χ3n) is 2.62. The van der Waals surface area contributed by atoms with Crippen LogP contribution in [0.1, 0.15) is 6.92 Å². The first kappa shape index (κ1) is 12.2. The largest absolute Gasteiger partial charge is 0.390 e. The van der Waals surface area contributed by atoms with Gasteiger partial charge in [-0.1, -0.05) is 12.0 Å². The molecule has 2 N–H and O–H groups in total. The van der Waals surface area contributed by atoms with Gasteiger partial charge in [0.15, 0.2) is 6.29 Å². The van der Waals surface area contributed by atoms with Crippen molar-refractivity contribution in [3.05, 3.63) is 10.4 Å². The zero-order chi connectivity index (χ0) is 11.4. The third-order valence-corrected chi connectivity index (χ3v) is 2.62. The van der Waals surface area contributed by atoms with Gasteiger partial charge in [-0.15, -0.1) is 0 Å². The standard InChI is InChI=1S/C8H15N3O4/c1-4-5(3-10-11-9)15-8(14-2)7(13)6(4)12/h4-8,12-13H,3H2,1-2H3/t4-,5?,6+,7-,8?/m0/s1. The molecule has 1 fully saturated rings. The maximum absolute atomic E-state index is 9.67. The molecular formula is C8H15N3O4. The molecule has 0 aromatic carbocycles. The summed E-state index contributed by atoms with van der Waals surface area (Å²) in [6.07, 6.45) is -3.34. The van der Waals surface area contributed by atoms with Crippen molar-refractivity contribution < 1.29 is 19.7 Å². The summed E-state index contributed by atoms with van der Waals surface area (Å²) in [5.41, 5.74) is 8.18. The predicted molar refractivity (Wildman–Crippen MR) is 50.9 cm³/mol. The Kier molecular flexibility index (Phi) is 4.31. The molecule has 2 unspecified atom stereocenters. The van der Waals surface area contributed by atoms with Crippen LogP contribution in [-0.4, -0.2) is 48.5 Å². The fourth-order valence-electron chi connectivity index (χ4n) is 1.59. The summed E-state index contributed by atoms with van der Waals surface area (Å²) in [6.45, 7) is 1.83. The van der Waals surface area contributed by atoms with Gasteiger partial charge in [-0.2, -0.15) is 0 Å². The lowest BCUT2D eigenvalue weighted by Crippen LogP contribution is -2.54. The van der Waals surface area contributed by atoms with Crippen molar-refractivity contribution in [2.24, 2.45) is 11.0 Å². The molecule has 15 heavy (non-hydrogen) atoms. The zero-order valence-corrected chi connectivity index (χ0v) is 8.65. The molecule has 7 heteroatoms. The molecule has 0 saturated carbocycles. The molecule has 1 saturated heterocycles. The van der Waals surface area contributed by atoms with Crippen molar-refractivity contribution in [3.8, 4) is 0 Å². The first-order chi connectivity index (χ1) is 7.11. The second-order valence-electron chi connectivity index (χ2n) is 3.53. The number of hydrogen-bond acceptors (Lipinski definition) is 5. The van der Waals surface area contributed by atoms with Crippen LogP contribution in [0.5, 0.6) is 0 Å². The van der Waals surface area contributed by atoms with E-state index in [-0.39, 0.29) is 12.5 Å². The molecule has 5 atom stereocenters. The predicted octanol–water partition coefficient (Wildman–Crippen LogP) is 0.0259. The highest BCUT2D eigenvalue weighted by Crippen LogP contribution is 2.26. The van der Waals surface area contributed by atoms with E-state index >= 15 is 0 Å². The number of rotatable bonds is 3. The quantitative estimate of drug-likeness (QED) is 0.395. The van der Waals surface area contributed by atoms with Crippen LogP contribution in [-0.2, 0) is 9.47 Å². The van der Waals surface area contributed by atoms with Gasteiger partial charge in [0, 0.05) is 17.9 Å². The van der Waals surface area contributed by atoms with Crippen LogP contribution < -0.4 is 0 Å². The van der Waals surface area contributed by atoms with Gasteiger partial charge in [-0.25, -0.2) is 0 Å². The summed E-state index contributed by atoms with van der Waals surface area (Å²) in [6, 6.07) is 0. The summed E-state index contributed by atoms with van der Waals surface area (Å²) in [5.74, 6) is -0.308. The Labute approximate surface area is 87.2 Å². The Morgan fingerprint density at radius 2 is 2.13 bits per heavy atom. The summed E-state index contributed by atoms with van der Waals surface area (Å²) >= 11 is 0. The van der Waals surface area contributed by atoms with E-state index in [9.17, 15) is 10.2 Å². The molecule has 0 aromatic heterocycles. The molecule has 1 rings (SSSR count). The van der Waals surface area contributed by atoms with Gasteiger partial charge >= 0.3 is 0 Å². The molecule has 86 valence electrons. The maximum atomic E-state index is 9.67. The Bertz CT molecular complexity index is 254. The summed E-state index contributed by atoms with van der Waals surface area (Å²) in [5, 5.41) is 22.6. The highest BCUT2D eigenvalue weighted by Gasteiger charge is 2.41. The van der Waals surface area contributed by atoms with Crippen molar-refractivity contribution in [1.29, 1.82) is 0 Å². The van der Waals surface area contributed by atoms with Crippen molar-refractivity contribution in [3.63, 3.8) is 0 Å². The van der Waals surface area contributed by atoms with Crippen LogP contribution in [0.4, 0.5) is 0 Å². The van der Waals surface area contributed by atoms with Gasteiger partial charge in [0.05, 0.1) is 18.8 Å². The summed E-state index contributed by atoms with van der Waals surface area (Å²) in [4.78, 5) is 2.62. The second-order valence-corrected chi connectivity index (χ2v) is 3.53. The summed E-state index contributed by atoms with van der Waals surface area (Å²) < 4.78 is 10.2. The summed E-state index contributed by atoms with van der Waals surface area (Å²) in [7, 11) is 1.38. The Morgan fingerprint density at radius 3 is 2.67 bits per heavy atom. The molecule has 1 heterocycles. The third kappa shape index (κ3) is 2.58. The lowest BCUT2D eigenvalue weighted by atomic mass is 9.91. The molecular weight excluding hydrogens is 202 g/mol. The highest BCUT2D eigenvalue weighted by atomic mass is 16.7. The SMILES string of the molecule is COC1OC(CN=[N+]=[N-])[C@H](C)[C@@H](O)[C@@H]1O. The van der Waals surface area contributed by atoms with Gasteiger partial charge in [0.25, 0.3) is 0 Å². The number of hydrogen-bond donors (Lipinski definition) is 2. The van der Waals surface area contributed by atoms with E-state index < -0.39 is 24.6 Å². The van der Waals surface area contributed by atoms with E-state index in [0.29, 0.717) is 0 Å². The fraction of sp³-hybridized carbons (Fsp3) is 1.00. The monoisotopic (exact) mass is 217 g/mol. The average Bonchev–Trinajstić information content (AvgIpc) is 2.25. The van der Waals surface area contributed by atoms with Crippen LogP contribution in [0.3, 0.4) is 0 Å². The molecule has 1 aliphatic rings. The number of aliphatic hydroxyl groups excluding tert-OH is 2. The van der Waals surface area contributed by atoms with E-state index in [1.54, 1.807) is 6.92 Å². The van der Waals surface area contributed by atoms with Crippen molar-refractivity contribution >= 4 is 0 Å². The minimum Gasteiger partial charge on any atom is -0.390 e. The molecule has 1 aliphatic heterocycles. The van der Waals surface area contributed by atoms with Gasteiger partial charge in [-0.05, 0) is 5.53 Å². The number of aliphatic hydroxyl groups is 2. The number of ether oxygens (including phenoxy) is 2. The average molecular weight is 217 g/mol. The van der Waals surface area contributed by atoms with Gasteiger partial charge < -0.3 is 19.7 Å². The van der Waals surface area contributed by atoms with Crippen LogP contribution >= 0.6 is 0 Å². The van der Waals surface area contributed by atoms with Crippen LogP contribution in [0, 0.1) is 5.92 Å². The zero-order valence-electron chi connectivity index (χ0n) is 8.65. The van der Waals surface area contributed by atoms with Gasteiger partial charge in [0.1, 0.15) is 6.10 Å². The first-order valence-electron chi connectivity index (χ1n) is 4.67. The number of methoxy groups -OCH3 is 1. The van der Waals surface area contributed by atoms with Crippen molar-refractivity contribution in [1.82, 2.24) is 0 Å². The smallest absolute Gasteiger partial charge is 0.185 e. The number of azide groups is 1. The van der Waals surface area contributed by atoms with Gasteiger partial charge in [0.2, 0.25) is 0 Å². The number of nitrogens with zero attached hydrogens (tertiary/aromatic N) is 3. The molecule has 0 aliphatic carbocycles. The molecule has 0 amide bonds. The van der Waals surface area contributed by atoms with E-state index in [1.807, 2.05) is 0 Å². The minimum absolute atomic E-state index is 0.112. The Balaban J connectivity index is 2.69. The van der Waals surface area contributed by atoms with E-state index in [1.165, 1.54) is 7.11 Å². The maximum Gasteiger partial charge on any atom is 0.185 e. The van der Waals surface area contributed by atoms with E-state index in [0.717, 1.165) is 0 Å². The lowest BCUT2D eigenvalue weighted by Gasteiger charge is -2.40. The molecule has 0 radical (unpaired) electrons. The van der Waals surface area contributed by atoms with E-state index in [2.05, 4.69) is 10.0 Å². The van der Waals surface area contributed by atoms with Crippen molar-refractivity contribution in [2.75, 3.05) is 13.7 Å². The topological polar surface area (TPSA) is 108 Å². The fourth-order valence-corrected chi connectivity index (χ4v) is 1.59. The minimum atomic E-state index is -1.08. The van der Waals surface area contributed by atoms with E-state index in [4.69, 9.17) is 15.0 Å². The van der Waals surface area contributed by atoms with Crippen LogP contribution in [0.2, 0.25) is 0 Å². The second kappa shape index (κ2) is 5.29. The highest BCUT2D eigenvalue weighted by molar-refractivity contribution is 4.87. The lowest BCUT2D eigenvalue weighted by molar-refractivity contribution is -0.273. The normalized spacial score (nSPS) is 40.9. The Morgan fingerprint density at radius 1 is 1.47 bits per heavy atom. The van der Waals surface area contributed by atoms with Gasteiger partial charge in [-0.3, -0.25) is 0 Å². The molecule has 0 bridgehead atoms. The van der Waals surface area contributed by atoms with Crippen molar-refractivity contribution in [2.45, 2.75) is 31.5 Å². The molecule has 0 aromatic rings. The van der Waals surface area contributed by atoms with Crippen LogP contribution in [0.15, 0.2) is 5.11 Å². The molecule has 7 nitrogen and oxygen atoms in total. The Hall–Kier alpha value is -0.850. The molecule has 0 spiro atoms.